The number of aliphatic carboxylic acids is 1. The molecule has 1 saturated heterocycles. The average molecular weight is 229 g/mol. The lowest BCUT2D eigenvalue weighted by molar-refractivity contribution is -0.137. The minimum Gasteiger partial charge on any atom is -0.481 e. The van der Waals surface area contributed by atoms with Crippen LogP contribution in [0, 0.1) is 0 Å². The topological polar surface area (TPSA) is 49.8 Å². The van der Waals surface area contributed by atoms with E-state index in [4.69, 9.17) is 9.84 Å². The Balaban J connectivity index is 2.34. The highest BCUT2D eigenvalue weighted by Gasteiger charge is 2.19. The fourth-order valence-electron chi connectivity index (χ4n) is 2.01. The van der Waals surface area contributed by atoms with E-state index in [1.54, 1.807) is 0 Å². The van der Waals surface area contributed by atoms with Gasteiger partial charge >= 0.3 is 5.97 Å². The van der Waals surface area contributed by atoms with Gasteiger partial charge in [-0.05, 0) is 33.1 Å². The third kappa shape index (κ3) is 4.94. The molecule has 1 aliphatic heterocycles. The first-order valence-corrected chi connectivity index (χ1v) is 6.17. The maximum atomic E-state index is 10.6. The number of carbonyl (C=O) groups is 1. The van der Waals surface area contributed by atoms with Crippen LogP contribution in [0.4, 0.5) is 0 Å². The van der Waals surface area contributed by atoms with Crippen LogP contribution in [0.1, 0.15) is 39.5 Å². The lowest BCUT2D eigenvalue weighted by Crippen LogP contribution is -2.40. The van der Waals surface area contributed by atoms with Gasteiger partial charge in [0.1, 0.15) is 0 Å². The number of hydrogen-bond acceptors (Lipinski definition) is 3. The second kappa shape index (κ2) is 6.86. The van der Waals surface area contributed by atoms with Crippen molar-refractivity contribution in [3.63, 3.8) is 0 Å². The van der Waals surface area contributed by atoms with Gasteiger partial charge in [-0.3, -0.25) is 9.69 Å². The summed E-state index contributed by atoms with van der Waals surface area (Å²) in [5.74, 6) is -0.727. The Morgan fingerprint density at radius 1 is 1.50 bits per heavy atom. The molecule has 4 heteroatoms. The quantitative estimate of drug-likeness (QED) is 0.753. The summed E-state index contributed by atoms with van der Waals surface area (Å²) in [7, 11) is 0. The molecule has 1 rings (SSSR count). The fourth-order valence-corrected chi connectivity index (χ4v) is 2.01. The fraction of sp³-hybridized carbons (Fsp3) is 0.917. The zero-order valence-corrected chi connectivity index (χ0v) is 10.3. The summed E-state index contributed by atoms with van der Waals surface area (Å²) in [6, 6.07) is 0.380. The Bertz CT molecular complexity index is 212. The molecule has 0 amide bonds. The van der Waals surface area contributed by atoms with Crippen molar-refractivity contribution in [1.82, 2.24) is 4.90 Å². The van der Waals surface area contributed by atoms with Crippen LogP contribution in [-0.4, -0.2) is 47.8 Å². The molecule has 0 aromatic rings. The van der Waals surface area contributed by atoms with Crippen LogP contribution in [0.5, 0.6) is 0 Å². The van der Waals surface area contributed by atoms with E-state index in [0.29, 0.717) is 18.7 Å². The largest absolute Gasteiger partial charge is 0.481 e. The molecule has 0 radical (unpaired) electrons. The summed E-state index contributed by atoms with van der Waals surface area (Å²) < 4.78 is 5.68. The summed E-state index contributed by atoms with van der Waals surface area (Å²) in [5, 5.41) is 8.69. The number of ether oxygens (including phenoxy) is 1. The highest BCUT2D eigenvalue weighted by Crippen LogP contribution is 2.15. The molecule has 1 unspecified atom stereocenters. The molecule has 0 aromatic carbocycles. The summed E-state index contributed by atoms with van der Waals surface area (Å²) >= 11 is 0. The Morgan fingerprint density at radius 3 is 2.75 bits per heavy atom. The molecule has 94 valence electrons. The molecule has 1 heterocycles. The summed E-state index contributed by atoms with van der Waals surface area (Å²) in [6.45, 7) is 6.54. The highest BCUT2D eigenvalue weighted by molar-refractivity contribution is 5.66. The molecular formula is C12H23NO3. The van der Waals surface area contributed by atoms with Crippen molar-refractivity contribution >= 4 is 5.97 Å². The predicted octanol–water partition coefficient (Wildman–Crippen LogP) is 1.74. The smallest absolute Gasteiger partial charge is 0.304 e. The summed E-state index contributed by atoms with van der Waals surface area (Å²) in [6.07, 6.45) is 4.01. The van der Waals surface area contributed by atoms with Gasteiger partial charge in [-0.15, -0.1) is 0 Å². The number of hydrogen-bond donors (Lipinski definition) is 1. The van der Waals surface area contributed by atoms with E-state index in [0.717, 1.165) is 26.0 Å². The molecule has 0 saturated carbocycles. The summed E-state index contributed by atoms with van der Waals surface area (Å²) in [5.41, 5.74) is 0. The van der Waals surface area contributed by atoms with Crippen molar-refractivity contribution < 1.29 is 14.6 Å². The van der Waals surface area contributed by atoms with Gasteiger partial charge < -0.3 is 9.84 Å². The lowest BCUT2D eigenvalue weighted by atomic mass is 10.1. The highest BCUT2D eigenvalue weighted by atomic mass is 16.5. The molecular weight excluding hydrogens is 206 g/mol. The van der Waals surface area contributed by atoms with E-state index in [2.05, 4.69) is 18.7 Å². The number of nitrogens with zero attached hydrogens (tertiary/aromatic N) is 1. The van der Waals surface area contributed by atoms with Crippen LogP contribution in [-0.2, 0) is 9.53 Å². The first-order valence-electron chi connectivity index (χ1n) is 6.17. The second-order valence-electron chi connectivity index (χ2n) is 4.72. The van der Waals surface area contributed by atoms with Crippen LogP contribution in [0.25, 0.3) is 0 Å². The molecule has 0 spiro atoms. The summed E-state index contributed by atoms with van der Waals surface area (Å²) in [4.78, 5) is 12.8. The first kappa shape index (κ1) is 13.5. The molecule has 0 aliphatic carbocycles. The lowest BCUT2D eigenvalue weighted by Gasteiger charge is -2.32. The first-order chi connectivity index (χ1) is 7.59. The zero-order chi connectivity index (χ0) is 12.0. The zero-order valence-electron chi connectivity index (χ0n) is 10.3. The van der Waals surface area contributed by atoms with E-state index in [1.807, 2.05) is 0 Å². The predicted molar refractivity (Wildman–Crippen MR) is 62.6 cm³/mol. The van der Waals surface area contributed by atoms with Gasteiger partial charge in [-0.25, -0.2) is 0 Å². The SMILES string of the molecule is CC(C)N(CCC(=O)O)CC1CCCCO1. The normalized spacial score (nSPS) is 21.6. The van der Waals surface area contributed by atoms with Crippen molar-refractivity contribution in [2.24, 2.45) is 0 Å². The molecule has 1 fully saturated rings. The Morgan fingerprint density at radius 2 is 2.25 bits per heavy atom. The van der Waals surface area contributed by atoms with Gasteiger partial charge in [0.05, 0.1) is 12.5 Å². The molecule has 1 N–H and O–H groups in total. The van der Waals surface area contributed by atoms with E-state index in [-0.39, 0.29) is 6.42 Å². The Kier molecular flexibility index (Phi) is 5.77. The number of carboxylic acid groups (broad SMARTS) is 1. The molecule has 16 heavy (non-hydrogen) atoms. The molecule has 0 aromatic heterocycles. The Labute approximate surface area is 97.6 Å². The molecule has 1 atom stereocenters. The average Bonchev–Trinajstić information content (AvgIpc) is 2.25. The monoisotopic (exact) mass is 229 g/mol. The van der Waals surface area contributed by atoms with Crippen LogP contribution in [0.15, 0.2) is 0 Å². The third-order valence-corrected chi connectivity index (χ3v) is 3.06. The van der Waals surface area contributed by atoms with Crippen LogP contribution in [0.2, 0.25) is 0 Å². The van der Waals surface area contributed by atoms with Crippen molar-refractivity contribution in [2.75, 3.05) is 19.7 Å². The number of rotatable bonds is 6. The van der Waals surface area contributed by atoms with Crippen molar-refractivity contribution in [3.05, 3.63) is 0 Å². The molecule has 1 aliphatic rings. The van der Waals surface area contributed by atoms with Gasteiger partial charge in [0, 0.05) is 25.7 Å². The van der Waals surface area contributed by atoms with Crippen LogP contribution < -0.4 is 0 Å². The third-order valence-electron chi connectivity index (χ3n) is 3.06. The maximum absolute atomic E-state index is 10.6. The van der Waals surface area contributed by atoms with Crippen molar-refractivity contribution in [3.8, 4) is 0 Å². The van der Waals surface area contributed by atoms with Crippen LogP contribution in [0.3, 0.4) is 0 Å². The van der Waals surface area contributed by atoms with Crippen molar-refractivity contribution in [2.45, 2.75) is 51.7 Å². The van der Waals surface area contributed by atoms with Crippen molar-refractivity contribution in [1.29, 1.82) is 0 Å². The van der Waals surface area contributed by atoms with Gasteiger partial charge in [-0.2, -0.15) is 0 Å². The number of carboxylic acids is 1. The van der Waals surface area contributed by atoms with E-state index < -0.39 is 5.97 Å². The Hall–Kier alpha value is -0.610. The van der Waals surface area contributed by atoms with Gasteiger partial charge in [-0.1, -0.05) is 0 Å². The second-order valence-corrected chi connectivity index (χ2v) is 4.72. The minimum atomic E-state index is -0.727. The van der Waals surface area contributed by atoms with Gasteiger partial charge in [0.2, 0.25) is 0 Å². The van der Waals surface area contributed by atoms with E-state index in [1.165, 1.54) is 6.42 Å². The standard InChI is InChI=1S/C12H23NO3/c1-10(2)13(7-6-12(14)15)9-11-5-3-4-8-16-11/h10-11H,3-9H2,1-2H3,(H,14,15). The molecule has 0 bridgehead atoms. The van der Waals surface area contributed by atoms with Crippen LogP contribution >= 0.6 is 0 Å². The molecule has 4 nitrogen and oxygen atoms in total. The maximum Gasteiger partial charge on any atom is 0.304 e. The minimum absolute atomic E-state index is 0.213. The van der Waals surface area contributed by atoms with E-state index in [9.17, 15) is 4.79 Å². The van der Waals surface area contributed by atoms with Gasteiger partial charge in [0.25, 0.3) is 0 Å². The van der Waals surface area contributed by atoms with Gasteiger partial charge in [0.15, 0.2) is 0 Å². The van der Waals surface area contributed by atoms with E-state index >= 15 is 0 Å².